The normalized spacial score (nSPS) is 25.3. The van der Waals surface area contributed by atoms with E-state index < -0.39 is 0 Å². The summed E-state index contributed by atoms with van der Waals surface area (Å²) in [7, 11) is 4.09. The van der Waals surface area contributed by atoms with Crippen molar-refractivity contribution in [2.45, 2.75) is 36.7 Å². The maximum atomic E-state index is 12.6. The van der Waals surface area contributed by atoms with Gasteiger partial charge in [-0.2, -0.15) is 0 Å². The molecule has 0 N–H and O–H groups in total. The van der Waals surface area contributed by atoms with Gasteiger partial charge < -0.3 is 9.80 Å². The molecule has 21 heavy (non-hydrogen) atoms. The molecule has 1 saturated carbocycles. The van der Waals surface area contributed by atoms with Gasteiger partial charge in [-0.15, -0.1) is 23.2 Å². The number of nitrogens with zero attached hydrogens (tertiary/aromatic N) is 2. The van der Waals surface area contributed by atoms with Gasteiger partial charge in [0.25, 0.3) is 0 Å². The van der Waals surface area contributed by atoms with Crippen molar-refractivity contribution in [1.82, 2.24) is 4.90 Å². The highest BCUT2D eigenvalue weighted by Gasteiger charge is 2.40. The van der Waals surface area contributed by atoms with Gasteiger partial charge in [-0.25, -0.2) is 0 Å². The van der Waals surface area contributed by atoms with Crippen molar-refractivity contribution in [2.24, 2.45) is 0 Å². The van der Waals surface area contributed by atoms with E-state index in [1.165, 1.54) is 0 Å². The first-order valence-electron chi connectivity index (χ1n) is 7.28. The number of likely N-dealkylation sites (N-methyl/N-ethyl adjacent to an activating group) is 1. The van der Waals surface area contributed by atoms with Crippen LogP contribution in [0.1, 0.15) is 19.3 Å². The van der Waals surface area contributed by atoms with E-state index in [0.717, 1.165) is 18.5 Å². The number of alkyl halides is 2. The summed E-state index contributed by atoms with van der Waals surface area (Å²) in [5.41, 5.74) is 0.926. The second-order valence-corrected chi connectivity index (χ2v) is 6.70. The van der Waals surface area contributed by atoms with E-state index in [0.29, 0.717) is 12.3 Å². The Morgan fingerprint density at radius 2 is 1.81 bits per heavy atom. The number of halogens is 2. The summed E-state index contributed by atoms with van der Waals surface area (Å²) in [5, 5.41) is 0.109. The topological polar surface area (TPSA) is 23.6 Å². The number of benzene rings is 1. The van der Waals surface area contributed by atoms with Gasteiger partial charge in [0.2, 0.25) is 5.91 Å². The molecule has 3 unspecified atom stereocenters. The smallest absolute Gasteiger partial charge is 0.228 e. The molecule has 1 aromatic rings. The van der Waals surface area contributed by atoms with E-state index in [1.54, 1.807) is 0 Å². The third-order valence-corrected chi connectivity index (χ3v) is 4.59. The molecule has 116 valence electrons. The summed E-state index contributed by atoms with van der Waals surface area (Å²) in [6, 6.07) is 10.2. The van der Waals surface area contributed by atoms with Crippen LogP contribution in [0.4, 0.5) is 5.69 Å². The second-order valence-electron chi connectivity index (χ2n) is 5.71. The van der Waals surface area contributed by atoms with Crippen LogP contribution in [0, 0.1) is 0 Å². The van der Waals surface area contributed by atoms with E-state index in [2.05, 4.69) is 4.90 Å². The van der Waals surface area contributed by atoms with Crippen LogP contribution in [0.5, 0.6) is 0 Å². The molecule has 3 atom stereocenters. The van der Waals surface area contributed by atoms with Crippen LogP contribution in [-0.2, 0) is 4.79 Å². The Morgan fingerprint density at radius 3 is 2.38 bits per heavy atom. The summed E-state index contributed by atoms with van der Waals surface area (Å²) in [6.45, 7) is 0. The third-order valence-electron chi connectivity index (χ3n) is 4.04. The van der Waals surface area contributed by atoms with Crippen LogP contribution in [0.15, 0.2) is 30.3 Å². The lowest BCUT2D eigenvalue weighted by atomic mass is 10.1. The monoisotopic (exact) mass is 328 g/mol. The SMILES string of the molecule is CN(C)C1CC(Cl)CC1N(C(=O)CCCl)c1ccccc1. The first-order valence-corrected chi connectivity index (χ1v) is 8.25. The second kappa shape index (κ2) is 7.48. The van der Waals surface area contributed by atoms with Crippen molar-refractivity contribution < 1.29 is 4.79 Å². The molecule has 0 saturated heterocycles. The minimum atomic E-state index is 0.0683. The molecule has 0 spiro atoms. The first-order chi connectivity index (χ1) is 10.0. The zero-order valence-corrected chi connectivity index (χ0v) is 14.0. The zero-order chi connectivity index (χ0) is 15.4. The Bertz CT molecular complexity index is 467. The first kappa shape index (κ1) is 16.6. The number of amides is 1. The summed E-state index contributed by atoms with van der Waals surface area (Å²) in [4.78, 5) is 16.6. The molecule has 0 radical (unpaired) electrons. The number of carbonyl (C=O) groups excluding carboxylic acids is 1. The van der Waals surface area contributed by atoms with Crippen LogP contribution < -0.4 is 4.90 Å². The van der Waals surface area contributed by atoms with Gasteiger partial charge in [0.1, 0.15) is 0 Å². The minimum absolute atomic E-state index is 0.0683. The van der Waals surface area contributed by atoms with E-state index in [9.17, 15) is 4.79 Å². The average molecular weight is 329 g/mol. The fourth-order valence-electron chi connectivity index (χ4n) is 3.08. The molecule has 0 bridgehead atoms. The van der Waals surface area contributed by atoms with E-state index >= 15 is 0 Å². The Labute approximate surface area is 136 Å². The van der Waals surface area contributed by atoms with E-state index in [1.807, 2.05) is 49.3 Å². The van der Waals surface area contributed by atoms with Gasteiger partial charge in [-0.1, -0.05) is 18.2 Å². The van der Waals surface area contributed by atoms with Crippen LogP contribution in [0.2, 0.25) is 0 Å². The lowest BCUT2D eigenvalue weighted by Crippen LogP contribution is -2.49. The summed E-state index contributed by atoms with van der Waals surface area (Å²) >= 11 is 12.1. The lowest BCUT2D eigenvalue weighted by Gasteiger charge is -2.36. The number of para-hydroxylation sites is 1. The minimum Gasteiger partial charge on any atom is -0.308 e. The maximum absolute atomic E-state index is 12.6. The van der Waals surface area contributed by atoms with Gasteiger partial charge in [-0.3, -0.25) is 4.79 Å². The molecule has 3 nitrogen and oxygen atoms in total. The lowest BCUT2D eigenvalue weighted by molar-refractivity contribution is -0.118. The average Bonchev–Trinajstić information content (AvgIpc) is 2.82. The quantitative estimate of drug-likeness (QED) is 0.774. The van der Waals surface area contributed by atoms with Gasteiger partial charge in [0.15, 0.2) is 0 Å². The predicted octanol–water partition coefficient (Wildman–Crippen LogP) is 3.35. The molecule has 0 aliphatic heterocycles. The number of carbonyl (C=O) groups is 1. The van der Waals surface area contributed by atoms with Crippen LogP contribution in [-0.4, -0.2) is 48.2 Å². The molecule has 0 heterocycles. The summed E-state index contributed by atoms with van der Waals surface area (Å²) in [6.07, 6.45) is 2.06. The van der Waals surface area contributed by atoms with Crippen LogP contribution in [0.25, 0.3) is 0 Å². The van der Waals surface area contributed by atoms with Gasteiger partial charge in [0.05, 0.1) is 6.04 Å². The van der Waals surface area contributed by atoms with Crippen molar-refractivity contribution in [2.75, 3.05) is 24.9 Å². The van der Waals surface area contributed by atoms with E-state index in [-0.39, 0.29) is 23.4 Å². The number of hydrogen-bond donors (Lipinski definition) is 0. The maximum Gasteiger partial charge on any atom is 0.228 e. The van der Waals surface area contributed by atoms with Crippen molar-refractivity contribution >= 4 is 34.8 Å². The number of hydrogen-bond acceptors (Lipinski definition) is 2. The molecule has 2 rings (SSSR count). The number of anilines is 1. The largest absolute Gasteiger partial charge is 0.308 e. The van der Waals surface area contributed by atoms with Crippen molar-refractivity contribution in [3.8, 4) is 0 Å². The Balaban J connectivity index is 2.33. The summed E-state index contributed by atoms with van der Waals surface area (Å²) in [5.74, 6) is 0.407. The fourth-order valence-corrected chi connectivity index (χ4v) is 3.60. The standard InChI is InChI=1S/C16H22Cl2N2O/c1-19(2)14-10-12(18)11-15(14)20(16(21)8-9-17)13-6-4-3-5-7-13/h3-7,12,14-15H,8-11H2,1-2H3. The molecule has 0 aromatic heterocycles. The third kappa shape index (κ3) is 3.91. The van der Waals surface area contributed by atoms with Crippen LogP contribution in [0.3, 0.4) is 0 Å². The highest BCUT2D eigenvalue weighted by atomic mass is 35.5. The molecule has 1 aliphatic carbocycles. The molecule has 1 aliphatic rings. The molecule has 5 heteroatoms. The van der Waals surface area contributed by atoms with E-state index in [4.69, 9.17) is 23.2 Å². The zero-order valence-electron chi connectivity index (χ0n) is 12.5. The van der Waals surface area contributed by atoms with Crippen molar-refractivity contribution in [3.05, 3.63) is 30.3 Å². The molecular formula is C16H22Cl2N2O. The fraction of sp³-hybridized carbons (Fsp3) is 0.562. The van der Waals surface area contributed by atoms with Gasteiger partial charge >= 0.3 is 0 Å². The highest BCUT2D eigenvalue weighted by Crippen LogP contribution is 2.34. The summed E-state index contributed by atoms with van der Waals surface area (Å²) < 4.78 is 0. The Hall–Kier alpha value is -0.770. The molecular weight excluding hydrogens is 307 g/mol. The Morgan fingerprint density at radius 1 is 1.19 bits per heavy atom. The van der Waals surface area contributed by atoms with Crippen molar-refractivity contribution in [1.29, 1.82) is 0 Å². The van der Waals surface area contributed by atoms with Gasteiger partial charge in [-0.05, 0) is 39.1 Å². The molecule has 1 aromatic carbocycles. The van der Waals surface area contributed by atoms with Crippen LogP contribution >= 0.6 is 23.2 Å². The van der Waals surface area contributed by atoms with Crippen molar-refractivity contribution in [3.63, 3.8) is 0 Å². The highest BCUT2D eigenvalue weighted by molar-refractivity contribution is 6.21. The van der Waals surface area contributed by atoms with Gasteiger partial charge in [0, 0.05) is 29.4 Å². The molecule has 1 amide bonds. The molecule has 1 fully saturated rings. The Kier molecular flexibility index (Phi) is 5.91. The number of rotatable bonds is 5. The predicted molar refractivity (Wildman–Crippen MR) is 89.4 cm³/mol.